The topological polar surface area (TPSA) is 38.9 Å². The van der Waals surface area contributed by atoms with Crippen molar-refractivity contribution in [2.75, 3.05) is 0 Å². The van der Waals surface area contributed by atoms with Crippen LogP contribution in [-0.4, -0.2) is 4.98 Å². The van der Waals surface area contributed by atoms with E-state index in [9.17, 15) is 0 Å². The highest BCUT2D eigenvalue weighted by molar-refractivity contribution is 7.96. The van der Waals surface area contributed by atoms with E-state index in [1.54, 1.807) is 11.3 Å². The molecule has 0 aromatic carbocycles. The van der Waals surface area contributed by atoms with Crippen LogP contribution in [0, 0.1) is 6.92 Å². The predicted octanol–water partition coefficient (Wildman–Crippen LogP) is 1.56. The third-order valence-corrected chi connectivity index (χ3v) is 2.18. The van der Waals surface area contributed by atoms with Crippen LogP contribution in [0.2, 0.25) is 0 Å². The Balaban J connectivity index is 2.61. The van der Waals surface area contributed by atoms with Gasteiger partial charge in [0.1, 0.15) is 0 Å². The highest BCUT2D eigenvalue weighted by atomic mass is 32.2. The molecule has 0 radical (unpaired) electrons. The van der Waals surface area contributed by atoms with Crippen molar-refractivity contribution >= 4 is 23.3 Å². The van der Waals surface area contributed by atoms with Crippen LogP contribution in [0.15, 0.2) is 5.38 Å². The minimum atomic E-state index is 0.824. The van der Waals surface area contributed by atoms with Crippen molar-refractivity contribution in [1.82, 2.24) is 4.98 Å². The molecule has 50 valence electrons. The van der Waals surface area contributed by atoms with E-state index in [-0.39, 0.29) is 0 Å². The molecule has 0 amide bonds. The maximum absolute atomic E-state index is 5.25. The fourth-order valence-electron chi connectivity index (χ4n) is 0.560. The van der Waals surface area contributed by atoms with E-state index in [0.717, 1.165) is 16.5 Å². The van der Waals surface area contributed by atoms with Gasteiger partial charge in [0.2, 0.25) is 0 Å². The number of nitrogens with zero attached hydrogens (tertiary/aromatic N) is 1. The zero-order valence-electron chi connectivity index (χ0n) is 5.13. The number of aromatic nitrogens is 1. The molecule has 1 rings (SSSR count). The van der Waals surface area contributed by atoms with Crippen molar-refractivity contribution in [3.8, 4) is 0 Å². The van der Waals surface area contributed by atoms with Gasteiger partial charge in [0.25, 0.3) is 0 Å². The molecular weight excluding hydrogens is 152 g/mol. The SMILES string of the molecule is Cc1nc(CSN)cs1. The molecule has 0 saturated heterocycles. The summed E-state index contributed by atoms with van der Waals surface area (Å²) in [7, 11) is 0. The Hall–Kier alpha value is -0.0600. The standard InChI is InChI=1S/C5H8N2S2/c1-4-7-5(2-8-4)3-9-6/h2H,3,6H2,1H3. The third-order valence-electron chi connectivity index (χ3n) is 0.898. The number of aryl methyl sites for hydroxylation is 1. The lowest BCUT2D eigenvalue weighted by Crippen LogP contribution is -1.84. The minimum Gasteiger partial charge on any atom is -0.278 e. The molecule has 0 bridgehead atoms. The summed E-state index contributed by atoms with van der Waals surface area (Å²) >= 11 is 2.98. The summed E-state index contributed by atoms with van der Waals surface area (Å²) in [6.45, 7) is 2.00. The van der Waals surface area contributed by atoms with Crippen molar-refractivity contribution in [2.24, 2.45) is 5.14 Å². The maximum atomic E-state index is 5.25. The van der Waals surface area contributed by atoms with E-state index >= 15 is 0 Å². The van der Waals surface area contributed by atoms with Gasteiger partial charge in [-0.15, -0.1) is 11.3 Å². The molecule has 0 aliphatic rings. The summed E-state index contributed by atoms with van der Waals surface area (Å²) in [6.07, 6.45) is 0. The molecule has 2 N–H and O–H groups in total. The van der Waals surface area contributed by atoms with E-state index in [4.69, 9.17) is 5.14 Å². The van der Waals surface area contributed by atoms with Crippen LogP contribution in [-0.2, 0) is 5.75 Å². The molecule has 0 aliphatic carbocycles. The molecule has 0 saturated carbocycles. The van der Waals surface area contributed by atoms with Crippen LogP contribution in [0.1, 0.15) is 10.7 Å². The van der Waals surface area contributed by atoms with Crippen LogP contribution in [0.5, 0.6) is 0 Å². The lowest BCUT2D eigenvalue weighted by molar-refractivity contribution is 1.18. The first-order chi connectivity index (χ1) is 4.33. The molecule has 2 nitrogen and oxygen atoms in total. The van der Waals surface area contributed by atoms with Crippen molar-refractivity contribution in [1.29, 1.82) is 0 Å². The molecule has 0 spiro atoms. The summed E-state index contributed by atoms with van der Waals surface area (Å²) < 4.78 is 0. The normalized spacial score (nSPS) is 10.0. The van der Waals surface area contributed by atoms with Crippen LogP contribution < -0.4 is 5.14 Å². The van der Waals surface area contributed by atoms with Gasteiger partial charge in [-0.3, -0.25) is 5.14 Å². The van der Waals surface area contributed by atoms with Crippen LogP contribution in [0.3, 0.4) is 0 Å². The maximum Gasteiger partial charge on any atom is 0.0897 e. The van der Waals surface area contributed by atoms with Gasteiger partial charge in [-0.05, 0) is 6.92 Å². The van der Waals surface area contributed by atoms with E-state index in [2.05, 4.69) is 4.98 Å². The first kappa shape index (κ1) is 7.05. The second-order valence-electron chi connectivity index (χ2n) is 1.67. The fraction of sp³-hybridized carbons (Fsp3) is 0.400. The highest BCUT2D eigenvalue weighted by Crippen LogP contribution is 2.10. The number of nitrogens with two attached hydrogens (primary N) is 1. The Bertz CT molecular complexity index is 185. The smallest absolute Gasteiger partial charge is 0.0897 e. The summed E-state index contributed by atoms with van der Waals surface area (Å²) in [6, 6.07) is 0. The van der Waals surface area contributed by atoms with Gasteiger partial charge in [-0.2, -0.15) is 0 Å². The van der Waals surface area contributed by atoms with Crippen molar-refractivity contribution in [2.45, 2.75) is 12.7 Å². The van der Waals surface area contributed by atoms with Gasteiger partial charge in [-0.25, -0.2) is 4.98 Å². The lowest BCUT2D eigenvalue weighted by Gasteiger charge is -1.85. The Morgan fingerprint density at radius 3 is 3.11 bits per heavy atom. The molecule has 0 fully saturated rings. The Morgan fingerprint density at radius 2 is 2.67 bits per heavy atom. The lowest BCUT2D eigenvalue weighted by atomic mass is 10.6. The molecule has 1 heterocycles. The van der Waals surface area contributed by atoms with E-state index < -0.39 is 0 Å². The first-order valence-corrected chi connectivity index (χ1v) is 4.48. The zero-order chi connectivity index (χ0) is 6.69. The van der Waals surface area contributed by atoms with Crippen LogP contribution in [0.4, 0.5) is 0 Å². The summed E-state index contributed by atoms with van der Waals surface area (Å²) in [5, 5.41) is 8.40. The van der Waals surface area contributed by atoms with Crippen molar-refractivity contribution in [3.63, 3.8) is 0 Å². The third kappa shape index (κ3) is 1.97. The summed E-state index contributed by atoms with van der Waals surface area (Å²) in [5.74, 6) is 0.824. The molecule has 4 heteroatoms. The van der Waals surface area contributed by atoms with Crippen molar-refractivity contribution in [3.05, 3.63) is 16.1 Å². The van der Waals surface area contributed by atoms with Gasteiger partial charge in [0, 0.05) is 5.38 Å². The van der Waals surface area contributed by atoms with Crippen LogP contribution >= 0.6 is 23.3 Å². The van der Waals surface area contributed by atoms with Gasteiger partial charge in [0.15, 0.2) is 0 Å². The molecule has 9 heavy (non-hydrogen) atoms. The van der Waals surface area contributed by atoms with E-state index in [0.29, 0.717) is 0 Å². The average molecular weight is 160 g/mol. The quantitative estimate of drug-likeness (QED) is 0.667. The van der Waals surface area contributed by atoms with E-state index in [1.807, 2.05) is 12.3 Å². The molecular formula is C5H8N2S2. The first-order valence-electron chi connectivity index (χ1n) is 2.55. The number of rotatable bonds is 2. The summed E-state index contributed by atoms with van der Waals surface area (Å²) in [4.78, 5) is 4.22. The molecule has 1 aromatic rings. The number of hydrogen-bond acceptors (Lipinski definition) is 4. The minimum absolute atomic E-state index is 0.824. The van der Waals surface area contributed by atoms with Crippen molar-refractivity contribution < 1.29 is 0 Å². The largest absolute Gasteiger partial charge is 0.278 e. The zero-order valence-corrected chi connectivity index (χ0v) is 6.76. The monoisotopic (exact) mass is 160 g/mol. The highest BCUT2D eigenvalue weighted by Gasteiger charge is 1.94. The van der Waals surface area contributed by atoms with Gasteiger partial charge < -0.3 is 0 Å². The van der Waals surface area contributed by atoms with Crippen LogP contribution in [0.25, 0.3) is 0 Å². The second kappa shape index (κ2) is 3.20. The molecule has 0 atom stereocenters. The predicted molar refractivity (Wildman–Crippen MR) is 42.3 cm³/mol. The number of thiazole rings is 1. The number of hydrogen-bond donors (Lipinski definition) is 1. The Morgan fingerprint density at radius 1 is 1.89 bits per heavy atom. The Kier molecular flexibility index (Phi) is 2.50. The average Bonchev–Trinajstić information content (AvgIpc) is 2.17. The molecule has 0 aliphatic heterocycles. The summed E-state index contributed by atoms with van der Waals surface area (Å²) in [5.41, 5.74) is 1.09. The molecule has 0 unspecified atom stereocenters. The van der Waals surface area contributed by atoms with E-state index in [1.165, 1.54) is 11.9 Å². The Labute approximate surface area is 62.6 Å². The fourth-order valence-corrected chi connectivity index (χ4v) is 1.60. The van der Waals surface area contributed by atoms with Gasteiger partial charge in [-0.1, -0.05) is 11.9 Å². The van der Waals surface area contributed by atoms with Gasteiger partial charge >= 0.3 is 0 Å². The molecule has 1 aromatic heterocycles. The second-order valence-corrected chi connectivity index (χ2v) is 3.35. The van der Waals surface area contributed by atoms with Gasteiger partial charge in [0.05, 0.1) is 16.5 Å².